The lowest BCUT2D eigenvalue weighted by molar-refractivity contribution is 1.12. The number of thiophene rings is 1. The van der Waals surface area contributed by atoms with Crippen molar-refractivity contribution >= 4 is 17.3 Å². The summed E-state index contributed by atoms with van der Waals surface area (Å²) in [6.45, 7) is 4.13. The number of nitrogens with one attached hydrogen (secondary N) is 1. The summed E-state index contributed by atoms with van der Waals surface area (Å²) in [5.74, 6) is 0.666. The van der Waals surface area contributed by atoms with Crippen molar-refractivity contribution in [2.75, 3.05) is 12.4 Å². The van der Waals surface area contributed by atoms with Gasteiger partial charge in [-0.1, -0.05) is 0 Å². The van der Waals surface area contributed by atoms with Crippen LogP contribution in [0.15, 0.2) is 17.6 Å². The molecule has 0 bridgehead atoms. The van der Waals surface area contributed by atoms with Gasteiger partial charge < -0.3 is 5.32 Å². The van der Waals surface area contributed by atoms with Crippen LogP contribution in [0, 0.1) is 13.8 Å². The topological polar surface area (TPSA) is 37.8 Å². The minimum absolute atomic E-state index is 0.666. The maximum absolute atomic E-state index is 4.46. The molecule has 0 amide bonds. The highest BCUT2D eigenvalue weighted by Gasteiger charge is 2.07. The van der Waals surface area contributed by atoms with Gasteiger partial charge in [-0.15, -0.1) is 11.3 Å². The Labute approximate surface area is 93.2 Å². The average molecular weight is 219 g/mol. The fourth-order valence-corrected chi connectivity index (χ4v) is 2.11. The van der Waals surface area contributed by atoms with E-state index in [0.717, 1.165) is 11.3 Å². The van der Waals surface area contributed by atoms with E-state index in [-0.39, 0.29) is 0 Å². The summed E-state index contributed by atoms with van der Waals surface area (Å²) >= 11 is 1.74. The van der Waals surface area contributed by atoms with E-state index >= 15 is 0 Å². The van der Waals surface area contributed by atoms with Gasteiger partial charge >= 0.3 is 0 Å². The van der Waals surface area contributed by atoms with Crippen LogP contribution in [0.25, 0.3) is 11.3 Å². The molecule has 0 aliphatic heterocycles. The lowest BCUT2D eigenvalue weighted by Crippen LogP contribution is -1.98. The van der Waals surface area contributed by atoms with Gasteiger partial charge in [-0.3, -0.25) is 0 Å². The molecule has 0 fully saturated rings. The molecular formula is C11H13N3S. The first-order valence-corrected chi connectivity index (χ1v) is 5.65. The van der Waals surface area contributed by atoms with E-state index in [2.05, 4.69) is 33.7 Å². The minimum atomic E-state index is 0.666. The monoisotopic (exact) mass is 219 g/mol. The van der Waals surface area contributed by atoms with E-state index in [9.17, 15) is 0 Å². The summed E-state index contributed by atoms with van der Waals surface area (Å²) in [6, 6.07) is 2.15. The van der Waals surface area contributed by atoms with E-state index in [1.807, 2.05) is 20.2 Å². The summed E-state index contributed by atoms with van der Waals surface area (Å²) in [5, 5.41) is 5.08. The second kappa shape index (κ2) is 3.98. The van der Waals surface area contributed by atoms with Crippen LogP contribution in [-0.2, 0) is 0 Å². The Morgan fingerprint density at radius 3 is 2.73 bits per heavy atom. The molecule has 2 heterocycles. The summed E-state index contributed by atoms with van der Waals surface area (Å²) in [6.07, 6.45) is 1.85. The summed E-state index contributed by atoms with van der Waals surface area (Å²) in [4.78, 5) is 9.93. The van der Waals surface area contributed by atoms with E-state index in [1.54, 1.807) is 11.3 Å². The number of aryl methyl sites for hydroxylation is 2. The number of rotatable bonds is 2. The van der Waals surface area contributed by atoms with Crippen LogP contribution >= 0.6 is 11.3 Å². The normalized spacial score (nSPS) is 10.3. The third-order valence-corrected chi connectivity index (χ3v) is 3.06. The molecule has 78 valence electrons. The van der Waals surface area contributed by atoms with E-state index < -0.39 is 0 Å². The molecule has 0 atom stereocenters. The highest BCUT2D eigenvalue weighted by atomic mass is 32.1. The molecule has 1 N–H and O–H groups in total. The fraction of sp³-hybridized carbons (Fsp3) is 0.273. The van der Waals surface area contributed by atoms with Gasteiger partial charge in [-0.05, 0) is 25.5 Å². The smallest absolute Gasteiger partial charge is 0.222 e. The Hall–Kier alpha value is -1.42. The molecule has 0 spiro atoms. The Bertz CT molecular complexity index is 476. The standard InChI is InChI=1S/C11H13N3S/c1-7-5-13-11(12-3)14-10(7)9-4-8(2)15-6-9/h4-6H,1-3H3,(H,12,13,14). The van der Waals surface area contributed by atoms with Crippen molar-refractivity contribution in [1.82, 2.24) is 9.97 Å². The highest BCUT2D eigenvalue weighted by Crippen LogP contribution is 2.26. The molecule has 0 unspecified atom stereocenters. The maximum atomic E-state index is 4.46. The van der Waals surface area contributed by atoms with Crippen molar-refractivity contribution < 1.29 is 0 Å². The van der Waals surface area contributed by atoms with E-state index in [1.165, 1.54) is 10.4 Å². The third kappa shape index (κ3) is 1.99. The van der Waals surface area contributed by atoms with Crippen LogP contribution in [0.4, 0.5) is 5.95 Å². The van der Waals surface area contributed by atoms with Crippen molar-refractivity contribution in [2.45, 2.75) is 13.8 Å². The quantitative estimate of drug-likeness (QED) is 0.844. The van der Waals surface area contributed by atoms with Crippen molar-refractivity contribution in [1.29, 1.82) is 0 Å². The van der Waals surface area contributed by atoms with Crippen molar-refractivity contribution in [3.05, 3.63) is 28.1 Å². The zero-order chi connectivity index (χ0) is 10.8. The minimum Gasteiger partial charge on any atom is -0.357 e. The number of aromatic nitrogens is 2. The van der Waals surface area contributed by atoms with Crippen molar-refractivity contribution in [2.24, 2.45) is 0 Å². The molecule has 0 saturated carbocycles. The zero-order valence-corrected chi connectivity index (χ0v) is 9.85. The van der Waals surface area contributed by atoms with Gasteiger partial charge in [-0.2, -0.15) is 0 Å². The maximum Gasteiger partial charge on any atom is 0.222 e. The Balaban J connectivity index is 2.51. The molecule has 2 aromatic heterocycles. The van der Waals surface area contributed by atoms with E-state index in [4.69, 9.17) is 0 Å². The van der Waals surface area contributed by atoms with Crippen LogP contribution in [-0.4, -0.2) is 17.0 Å². The van der Waals surface area contributed by atoms with Crippen LogP contribution in [0.5, 0.6) is 0 Å². The Morgan fingerprint density at radius 1 is 1.33 bits per heavy atom. The lowest BCUT2D eigenvalue weighted by Gasteiger charge is -2.04. The molecule has 3 nitrogen and oxygen atoms in total. The molecule has 4 heteroatoms. The summed E-state index contributed by atoms with van der Waals surface area (Å²) in [7, 11) is 1.83. The SMILES string of the molecule is CNc1ncc(C)c(-c2csc(C)c2)n1. The number of hydrogen-bond acceptors (Lipinski definition) is 4. The first kappa shape index (κ1) is 10.1. The van der Waals surface area contributed by atoms with Crippen LogP contribution < -0.4 is 5.32 Å². The van der Waals surface area contributed by atoms with Gasteiger partial charge in [0.15, 0.2) is 0 Å². The van der Waals surface area contributed by atoms with E-state index in [0.29, 0.717) is 5.95 Å². The molecule has 0 aliphatic rings. The summed E-state index contributed by atoms with van der Waals surface area (Å²) in [5.41, 5.74) is 3.29. The second-order valence-electron chi connectivity index (χ2n) is 3.42. The Kier molecular flexibility index (Phi) is 2.68. The first-order valence-electron chi connectivity index (χ1n) is 4.77. The van der Waals surface area contributed by atoms with Gasteiger partial charge in [-0.25, -0.2) is 9.97 Å². The van der Waals surface area contributed by atoms with Gasteiger partial charge in [0.05, 0.1) is 5.69 Å². The highest BCUT2D eigenvalue weighted by molar-refractivity contribution is 7.10. The molecule has 0 aromatic carbocycles. The predicted molar refractivity (Wildman–Crippen MR) is 64.4 cm³/mol. The first-order chi connectivity index (χ1) is 7.20. The van der Waals surface area contributed by atoms with Gasteiger partial charge in [0, 0.05) is 29.1 Å². The molecular weight excluding hydrogens is 206 g/mol. The largest absolute Gasteiger partial charge is 0.357 e. The second-order valence-corrected chi connectivity index (χ2v) is 4.54. The molecule has 0 saturated heterocycles. The Morgan fingerprint density at radius 2 is 2.13 bits per heavy atom. The summed E-state index contributed by atoms with van der Waals surface area (Å²) < 4.78 is 0. The average Bonchev–Trinajstić information content (AvgIpc) is 2.65. The fourth-order valence-electron chi connectivity index (χ4n) is 1.42. The van der Waals surface area contributed by atoms with Crippen LogP contribution in [0.2, 0.25) is 0 Å². The van der Waals surface area contributed by atoms with Crippen LogP contribution in [0.3, 0.4) is 0 Å². The van der Waals surface area contributed by atoms with Gasteiger partial charge in [0.1, 0.15) is 0 Å². The number of hydrogen-bond donors (Lipinski definition) is 1. The molecule has 15 heavy (non-hydrogen) atoms. The lowest BCUT2D eigenvalue weighted by atomic mass is 10.1. The molecule has 2 aromatic rings. The van der Waals surface area contributed by atoms with Gasteiger partial charge in [0.25, 0.3) is 0 Å². The predicted octanol–water partition coefficient (Wildman–Crippen LogP) is 2.86. The molecule has 0 radical (unpaired) electrons. The zero-order valence-electron chi connectivity index (χ0n) is 9.03. The van der Waals surface area contributed by atoms with Crippen LogP contribution in [0.1, 0.15) is 10.4 Å². The third-order valence-electron chi connectivity index (χ3n) is 2.20. The van der Waals surface area contributed by atoms with Crippen molar-refractivity contribution in [3.63, 3.8) is 0 Å². The van der Waals surface area contributed by atoms with Crippen molar-refractivity contribution in [3.8, 4) is 11.3 Å². The van der Waals surface area contributed by atoms with Gasteiger partial charge in [0.2, 0.25) is 5.95 Å². The number of nitrogens with zero attached hydrogens (tertiary/aromatic N) is 2. The number of anilines is 1. The molecule has 2 rings (SSSR count). The molecule has 0 aliphatic carbocycles.